The fourth-order valence-electron chi connectivity index (χ4n) is 1.52. The number of nitrogens with one attached hydrogen (secondary N) is 2. The van der Waals surface area contributed by atoms with E-state index in [1.165, 1.54) is 0 Å². The highest BCUT2D eigenvalue weighted by molar-refractivity contribution is 7.17. The minimum atomic E-state index is -0.411. The maximum absolute atomic E-state index is 12.0. The number of hydrogen-bond acceptors (Lipinski definition) is 5. The predicted octanol–water partition coefficient (Wildman–Crippen LogP) is 2.11. The van der Waals surface area contributed by atoms with Crippen LogP contribution >= 0.6 is 22.9 Å². The summed E-state index contributed by atoms with van der Waals surface area (Å²) in [6.45, 7) is 1.83. The Morgan fingerprint density at radius 2 is 2.00 bits per heavy atom. The van der Waals surface area contributed by atoms with E-state index < -0.39 is 5.91 Å². The van der Waals surface area contributed by atoms with E-state index in [0.717, 1.165) is 16.9 Å². The third kappa shape index (κ3) is 3.12. The van der Waals surface area contributed by atoms with Crippen LogP contribution in [0.5, 0.6) is 0 Å². The highest BCUT2D eigenvalue weighted by Crippen LogP contribution is 2.20. The summed E-state index contributed by atoms with van der Waals surface area (Å²) in [5.74, 6) is -0.633. The second-order valence-electron chi connectivity index (χ2n) is 3.92. The Kier molecular flexibility index (Phi) is 4.31. The van der Waals surface area contributed by atoms with Gasteiger partial charge in [-0.15, -0.1) is 10.2 Å². The molecule has 0 atom stereocenters. The van der Waals surface area contributed by atoms with Gasteiger partial charge in [0.2, 0.25) is 9.47 Å². The molecule has 0 unspecified atom stereocenters. The molecular formula is C12H11ClN4O2S. The van der Waals surface area contributed by atoms with Crippen LogP contribution in [0.2, 0.25) is 4.47 Å². The van der Waals surface area contributed by atoms with Gasteiger partial charge in [-0.25, -0.2) is 0 Å². The minimum Gasteiger partial charge on any atom is -0.355 e. The number of carbonyl (C=O) groups excluding carboxylic acids is 2. The van der Waals surface area contributed by atoms with Gasteiger partial charge in [0.25, 0.3) is 11.8 Å². The molecule has 1 aromatic carbocycles. The molecule has 8 heteroatoms. The lowest BCUT2D eigenvalue weighted by molar-refractivity contribution is 0.0961. The third-order valence-electron chi connectivity index (χ3n) is 2.57. The predicted molar refractivity (Wildman–Crippen MR) is 77.4 cm³/mol. The van der Waals surface area contributed by atoms with Gasteiger partial charge >= 0.3 is 0 Å². The Morgan fingerprint density at radius 1 is 1.25 bits per heavy atom. The Morgan fingerprint density at radius 3 is 2.60 bits per heavy atom. The first-order valence-electron chi connectivity index (χ1n) is 5.64. The normalized spacial score (nSPS) is 10.2. The van der Waals surface area contributed by atoms with Gasteiger partial charge in [-0.2, -0.15) is 0 Å². The number of anilines is 1. The summed E-state index contributed by atoms with van der Waals surface area (Å²) in [4.78, 5) is 23.5. The fourth-order valence-corrected chi connectivity index (χ4v) is 2.24. The van der Waals surface area contributed by atoms with E-state index in [1.54, 1.807) is 25.2 Å². The zero-order valence-electron chi connectivity index (χ0n) is 10.7. The molecule has 0 spiro atoms. The van der Waals surface area contributed by atoms with Gasteiger partial charge in [0, 0.05) is 18.3 Å². The van der Waals surface area contributed by atoms with Gasteiger partial charge in [0.05, 0.1) is 0 Å². The van der Waals surface area contributed by atoms with Gasteiger partial charge in [0.15, 0.2) is 0 Å². The number of benzene rings is 1. The van der Waals surface area contributed by atoms with Crippen molar-refractivity contribution in [2.75, 3.05) is 12.4 Å². The van der Waals surface area contributed by atoms with Crippen LogP contribution in [0.25, 0.3) is 0 Å². The highest BCUT2D eigenvalue weighted by atomic mass is 35.5. The van der Waals surface area contributed by atoms with Crippen molar-refractivity contribution in [3.8, 4) is 0 Å². The second kappa shape index (κ2) is 5.98. The first kappa shape index (κ1) is 14.4. The summed E-state index contributed by atoms with van der Waals surface area (Å²) in [5, 5.41) is 12.6. The summed E-state index contributed by atoms with van der Waals surface area (Å²) in [7, 11) is 1.55. The van der Waals surface area contributed by atoms with Crippen molar-refractivity contribution >= 4 is 40.4 Å². The summed E-state index contributed by atoms with van der Waals surface area (Å²) in [6, 6.07) is 5.05. The van der Waals surface area contributed by atoms with Crippen LogP contribution in [-0.2, 0) is 0 Å². The Balaban J connectivity index is 2.24. The molecule has 1 heterocycles. The van der Waals surface area contributed by atoms with Crippen LogP contribution < -0.4 is 10.6 Å². The Hall–Kier alpha value is -1.99. The van der Waals surface area contributed by atoms with Gasteiger partial charge < -0.3 is 10.6 Å². The molecule has 2 aromatic rings. The van der Waals surface area contributed by atoms with E-state index in [1.807, 2.05) is 6.92 Å². The molecular weight excluding hydrogens is 300 g/mol. The zero-order chi connectivity index (χ0) is 14.7. The van der Waals surface area contributed by atoms with Crippen molar-refractivity contribution in [3.05, 3.63) is 38.8 Å². The van der Waals surface area contributed by atoms with Crippen LogP contribution in [0.15, 0.2) is 18.2 Å². The van der Waals surface area contributed by atoms with Crippen molar-refractivity contribution in [3.63, 3.8) is 0 Å². The quantitative estimate of drug-likeness (QED) is 0.909. The summed E-state index contributed by atoms with van der Waals surface area (Å²) >= 11 is 6.62. The fraction of sp³-hybridized carbons (Fsp3) is 0.167. The van der Waals surface area contributed by atoms with Crippen molar-refractivity contribution in [2.24, 2.45) is 0 Å². The van der Waals surface area contributed by atoms with Crippen LogP contribution in [0, 0.1) is 6.92 Å². The average Bonchev–Trinajstić information content (AvgIpc) is 2.87. The molecule has 0 aliphatic heterocycles. The molecule has 0 saturated heterocycles. The standard InChI is InChI=1S/C12H11ClN4O2S/c1-6-3-4-7(9(18)14-2)5-8(6)15-10(19)11-16-17-12(13)20-11/h3-5H,1-2H3,(H,14,18)(H,15,19). The number of carbonyl (C=O) groups is 2. The Labute approximate surface area is 124 Å². The molecule has 2 N–H and O–H groups in total. The zero-order valence-corrected chi connectivity index (χ0v) is 12.3. The smallest absolute Gasteiger partial charge is 0.286 e. The number of halogens is 1. The summed E-state index contributed by atoms with van der Waals surface area (Å²) in [6.07, 6.45) is 0. The van der Waals surface area contributed by atoms with E-state index in [-0.39, 0.29) is 15.4 Å². The molecule has 1 aromatic heterocycles. The number of hydrogen-bond donors (Lipinski definition) is 2. The van der Waals surface area contributed by atoms with E-state index in [2.05, 4.69) is 20.8 Å². The van der Waals surface area contributed by atoms with Gasteiger partial charge in [0.1, 0.15) is 0 Å². The summed E-state index contributed by atoms with van der Waals surface area (Å²) in [5.41, 5.74) is 1.84. The molecule has 20 heavy (non-hydrogen) atoms. The molecule has 0 saturated carbocycles. The van der Waals surface area contributed by atoms with Crippen LogP contribution in [0.3, 0.4) is 0 Å². The number of aromatic nitrogens is 2. The maximum Gasteiger partial charge on any atom is 0.286 e. The Bertz CT molecular complexity index is 671. The second-order valence-corrected chi connectivity index (χ2v) is 5.48. The SMILES string of the molecule is CNC(=O)c1ccc(C)c(NC(=O)c2nnc(Cl)s2)c1. The minimum absolute atomic E-state index is 0.166. The molecule has 0 bridgehead atoms. The number of aryl methyl sites for hydroxylation is 1. The molecule has 6 nitrogen and oxygen atoms in total. The van der Waals surface area contributed by atoms with E-state index >= 15 is 0 Å². The lowest BCUT2D eigenvalue weighted by Gasteiger charge is -2.08. The topological polar surface area (TPSA) is 84.0 Å². The van der Waals surface area contributed by atoms with Crippen LogP contribution in [0.4, 0.5) is 5.69 Å². The van der Waals surface area contributed by atoms with Crippen molar-refractivity contribution in [1.82, 2.24) is 15.5 Å². The van der Waals surface area contributed by atoms with Crippen LogP contribution in [0.1, 0.15) is 25.7 Å². The molecule has 2 amide bonds. The molecule has 0 aliphatic carbocycles. The first-order chi connectivity index (χ1) is 9.51. The van der Waals surface area contributed by atoms with E-state index in [0.29, 0.717) is 11.3 Å². The first-order valence-corrected chi connectivity index (χ1v) is 6.84. The number of nitrogens with zero attached hydrogens (tertiary/aromatic N) is 2. The van der Waals surface area contributed by atoms with E-state index in [4.69, 9.17) is 11.6 Å². The van der Waals surface area contributed by atoms with Gasteiger partial charge in [-0.05, 0) is 36.2 Å². The van der Waals surface area contributed by atoms with Crippen molar-refractivity contribution in [2.45, 2.75) is 6.92 Å². The molecule has 104 valence electrons. The largest absolute Gasteiger partial charge is 0.355 e. The maximum atomic E-state index is 12.0. The lowest BCUT2D eigenvalue weighted by Crippen LogP contribution is -2.19. The van der Waals surface area contributed by atoms with Gasteiger partial charge in [-0.1, -0.05) is 17.4 Å². The number of amides is 2. The molecule has 0 radical (unpaired) electrons. The van der Waals surface area contributed by atoms with Crippen molar-refractivity contribution in [1.29, 1.82) is 0 Å². The summed E-state index contributed by atoms with van der Waals surface area (Å²) < 4.78 is 0.200. The lowest BCUT2D eigenvalue weighted by atomic mass is 10.1. The molecule has 2 rings (SSSR count). The number of rotatable bonds is 3. The third-order valence-corrected chi connectivity index (χ3v) is 3.59. The molecule has 0 fully saturated rings. The average molecular weight is 311 g/mol. The molecule has 0 aliphatic rings. The van der Waals surface area contributed by atoms with Crippen molar-refractivity contribution < 1.29 is 9.59 Å². The van der Waals surface area contributed by atoms with Gasteiger partial charge in [-0.3, -0.25) is 9.59 Å². The monoisotopic (exact) mass is 310 g/mol. The van der Waals surface area contributed by atoms with E-state index in [9.17, 15) is 9.59 Å². The highest BCUT2D eigenvalue weighted by Gasteiger charge is 2.14. The van der Waals surface area contributed by atoms with Crippen LogP contribution in [-0.4, -0.2) is 29.1 Å².